The molecule has 2 aromatic heterocycles. The van der Waals surface area contributed by atoms with Gasteiger partial charge in [-0.15, -0.1) is 0 Å². The predicted molar refractivity (Wildman–Crippen MR) is 85.7 cm³/mol. The van der Waals surface area contributed by atoms with Crippen LogP contribution in [0.2, 0.25) is 0 Å². The number of aromatic nitrogens is 3. The standard InChI is InChI=1S/C17H21N5/c1-12(2)21-5-3-15(4-6-21)22-11-14(9-20-22)13-7-16-17(10-19-16)18-8-13/h7-12,15H,3-6H2,1-2H3. The maximum Gasteiger partial charge on any atom is 0.107 e. The molecule has 0 aromatic carbocycles. The quantitative estimate of drug-likeness (QED) is 0.859. The molecule has 1 saturated heterocycles. The van der Waals surface area contributed by atoms with Crippen LogP contribution in [0.5, 0.6) is 0 Å². The van der Waals surface area contributed by atoms with Gasteiger partial charge in [-0.3, -0.25) is 14.7 Å². The second-order valence-corrected chi connectivity index (χ2v) is 6.46. The van der Waals surface area contributed by atoms with E-state index in [4.69, 9.17) is 0 Å². The maximum atomic E-state index is 4.59. The van der Waals surface area contributed by atoms with Crippen molar-refractivity contribution >= 4 is 6.20 Å². The van der Waals surface area contributed by atoms with Crippen molar-refractivity contribution in [3.63, 3.8) is 0 Å². The van der Waals surface area contributed by atoms with Crippen LogP contribution in [0.25, 0.3) is 17.3 Å². The fourth-order valence-electron chi connectivity index (χ4n) is 3.24. The molecule has 0 saturated carbocycles. The summed E-state index contributed by atoms with van der Waals surface area (Å²) < 4.78 is 2.13. The van der Waals surface area contributed by atoms with Gasteiger partial charge < -0.3 is 4.90 Å². The molecule has 2 aliphatic heterocycles. The molecule has 5 nitrogen and oxygen atoms in total. The molecule has 0 spiro atoms. The molecule has 4 rings (SSSR count). The second kappa shape index (κ2) is 5.32. The van der Waals surface area contributed by atoms with Gasteiger partial charge >= 0.3 is 0 Å². The van der Waals surface area contributed by atoms with E-state index >= 15 is 0 Å². The van der Waals surface area contributed by atoms with Crippen molar-refractivity contribution in [1.29, 1.82) is 0 Å². The first-order valence-electron chi connectivity index (χ1n) is 8.03. The molecule has 5 heteroatoms. The van der Waals surface area contributed by atoms with Gasteiger partial charge in [0.2, 0.25) is 0 Å². The summed E-state index contributed by atoms with van der Waals surface area (Å²) >= 11 is 0. The van der Waals surface area contributed by atoms with Gasteiger partial charge in [0.15, 0.2) is 0 Å². The Morgan fingerprint density at radius 1 is 1.14 bits per heavy atom. The number of nitrogens with zero attached hydrogens (tertiary/aromatic N) is 5. The van der Waals surface area contributed by atoms with Crippen molar-refractivity contribution < 1.29 is 0 Å². The van der Waals surface area contributed by atoms with E-state index in [1.165, 1.54) is 12.8 Å². The van der Waals surface area contributed by atoms with Gasteiger partial charge in [-0.05, 0) is 32.8 Å². The van der Waals surface area contributed by atoms with Crippen LogP contribution in [0.1, 0.15) is 32.7 Å². The Morgan fingerprint density at radius 2 is 1.95 bits per heavy atom. The lowest BCUT2D eigenvalue weighted by atomic mass is 10.0. The Morgan fingerprint density at radius 3 is 2.59 bits per heavy atom. The predicted octanol–water partition coefficient (Wildman–Crippen LogP) is 1.36. The number of hydrogen-bond acceptors (Lipinski definition) is 4. The molecular weight excluding hydrogens is 274 g/mol. The maximum absolute atomic E-state index is 4.59. The van der Waals surface area contributed by atoms with Crippen molar-refractivity contribution in [3.05, 3.63) is 35.4 Å². The van der Waals surface area contributed by atoms with Crippen molar-refractivity contribution in [2.75, 3.05) is 13.1 Å². The third-order valence-corrected chi connectivity index (χ3v) is 4.76. The first-order valence-corrected chi connectivity index (χ1v) is 8.03. The molecule has 0 atom stereocenters. The molecule has 0 amide bonds. The summed E-state index contributed by atoms with van der Waals surface area (Å²) in [5, 5.41) is 6.55. The minimum atomic E-state index is 0.515. The summed E-state index contributed by atoms with van der Waals surface area (Å²) in [6, 6.07) is 3.25. The average molecular weight is 295 g/mol. The first kappa shape index (κ1) is 13.6. The van der Waals surface area contributed by atoms with E-state index in [0.29, 0.717) is 12.1 Å². The molecular formula is C17H21N5. The third-order valence-electron chi connectivity index (χ3n) is 4.76. The Hall–Kier alpha value is -2.01. The Labute approximate surface area is 130 Å². The first-order chi connectivity index (χ1) is 10.7. The van der Waals surface area contributed by atoms with E-state index in [0.717, 1.165) is 34.9 Å². The van der Waals surface area contributed by atoms with Crippen molar-refractivity contribution in [3.8, 4) is 11.1 Å². The fraction of sp³-hybridized carbons (Fsp3) is 0.471. The van der Waals surface area contributed by atoms with Crippen LogP contribution in [0.3, 0.4) is 0 Å². The molecule has 0 N–H and O–H groups in total. The summed E-state index contributed by atoms with van der Waals surface area (Å²) in [4.78, 5) is 11.2. The summed E-state index contributed by atoms with van der Waals surface area (Å²) in [5.74, 6) is 0. The number of hydrogen-bond donors (Lipinski definition) is 0. The Balaban J connectivity index is 1.51. The molecule has 2 aliphatic rings. The van der Waals surface area contributed by atoms with Crippen molar-refractivity contribution in [1.82, 2.24) is 19.7 Å². The van der Waals surface area contributed by atoms with E-state index in [2.05, 4.69) is 50.8 Å². The Bertz CT molecular complexity index is 797. The number of fused-ring (bicyclic) bond motifs is 1. The number of likely N-dealkylation sites (tertiary alicyclic amines) is 1. The van der Waals surface area contributed by atoms with Crippen LogP contribution in [0, 0.1) is 0 Å². The number of rotatable bonds is 3. The second-order valence-electron chi connectivity index (χ2n) is 6.46. The zero-order valence-corrected chi connectivity index (χ0v) is 13.1. The SMILES string of the molecule is CC(C)N1CCC(n2cc(-c3cnc4c(c3)=NC=4)cn2)CC1. The summed E-state index contributed by atoms with van der Waals surface area (Å²) in [6.07, 6.45) is 10.2. The van der Waals surface area contributed by atoms with Gasteiger partial charge in [0.1, 0.15) is 5.35 Å². The number of piperidine rings is 1. The topological polar surface area (TPSA) is 46.3 Å². The number of pyridine rings is 1. The van der Waals surface area contributed by atoms with Crippen LogP contribution in [0.4, 0.5) is 0 Å². The minimum Gasteiger partial charge on any atom is -0.301 e. The molecule has 0 radical (unpaired) electrons. The molecule has 4 heterocycles. The van der Waals surface area contributed by atoms with E-state index < -0.39 is 0 Å². The lowest BCUT2D eigenvalue weighted by molar-refractivity contribution is 0.147. The molecule has 114 valence electrons. The van der Waals surface area contributed by atoms with Crippen LogP contribution < -0.4 is 10.7 Å². The summed E-state index contributed by atoms with van der Waals surface area (Å²) in [7, 11) is 0. The molecule has 0 unspecified atom stereocenters. The van der Waals surface area contributed by atoms with Gasteiger partial charge in [0.05, 0.1) is 23.8 Å². The Kier molecular flexibility index (Phi) is 3.30. The van der Waals surface area contributed by atoms with Crippen molar-refractivity contribution in [2.45, 2.75) is 38.8 Å². The monoisotopic (exact) mass is 295 g/mol. The zero-order valence-electron chi connectivity index (χ0n) is 13.1. The fourth-order valence-corrected chi connectivity index (χ4v) is 3.24. The van der Waals surface area contributed by atoms with Crippen LogP contribution in [-0.2, 0) is 0 Å². The highest BCUT2D eigenvalue weighted by Crippen LogP contribution is 2.25. The molecule has 0 aliphatic carbocycles. The van der Waals surface area contributed by atoms with Gasteiger partial charge in [-0.2, -0.15) is 5.10 Å². The summed E-state index contributed by atoms with van der Waals surface area (Å²) in [6.45, 7) is 6.86. The molecule has 1 fully saturated rings. The van der Waals surface area contributed by atoms with Crippen molar-refractivity contribution in [2.24, 2.45) is 4.99 Å². The normalized spacial score (nSPS) is 18.5. The van der Waals surface area contributed by atoms with Crippen LogP contribution in [-0.4, -0.2) is 38.8 Å². The van der Waals surface area contributed by atoms with Gasteiger partial charge in [0.25, 0.3) is 0 Å². The van der Waals surface area contributed by atoms with Gasteiger partial charge in [-0.1, -0.05) is 0 Å². The average Bonchev–Trinajstić information content (AvgIpc) is 2.98. The summed E-state index contributed by atoms with van der Waals surface area (Å²) in [5.41, 5.74) is 2.23. The highest BCUT2D eigenvalue weighted by molar-refractivity contribution is 5.60. The highest BCUT2D eigenvalue weighted by Gasteiger charge is 2.22. The largest absolute Gasteiger partial charge is 0.301 e. The third kappa shape index (κ3) is 2.35. The van der Waals surface area contributed by atoms with Gasteiger partial charge in [-0.25, -0.2) is 0 Å². The van der Waals surface area contributed by atoms with Gasteiger partial charge in [0, 0.05) is 42.7 Å². The van der Waals surface area contributed by atoms with E-state index in [-0.39, 0.29) is 0 Å². The van der Waals surface area contributed by atoms with E-state index in [9.17, 15) is 0 Å². The van der Waals surface area contributed by atoms with E-state index in [1.54, 1.807) is 6.20 Å². The zero-order chi connectivity index (χ0) is 15.1. The smallest absolute Gasteiger partial charge is 0.107 e. The lowest BCUT2D eigenvalue weighted by Crippen LogP contribution is -2.39. The molecule has 0 bridgehead atoms. The van der Waals surface area contributed by atoms with Crippen LogP contribution >= 0.6 is 0 Å². The molecule has 22 heavy (non-hydrogen) atoms. The lowest BCUT2D eigenvalue weighted by Gasteiger charge is -2.34. The van der Waals surface area contributed by atoms with Crippen LogP contribution in [0.15, 0.2) is 29.6 Å². The van der Waals surface area contributed by atoms with E-state index in [1.807, 2.05) is 12.4 Å². The molecule has 2 aromatic rings. The minimum absolute atomic E-state index is 0.515. The highest BCUT2D eigenvalue weighted by atomic mass is 15.3.